The highest BCUT2D eigenvalue weighted by Crippen LogP contribution is 2.08. The Balaban J connectivity index is 3.45. The molecule has 0 bridgehead atoms. The summed E-state index contributed by atoms with van der Waals surface area (Å²) in [7, 11) is 1.41. The predicted octanol–water partition coefficient (Wildman–Crippen LogP) is 6.86. The molecule has 0 N–H and O–H groups in total. The first-order valence-corrected chi connectivity index (χ1v) is 9.68. The van der Waals surface area contributed by atoms with Crippen molar-refractivity contribution in [3.63, 3.8) is 0 Å². The molecule has 0 atom stereocenters. The number of ether oxygens (including phenoxy) is 1. The van der Waals surface area contributed by atoms with Crippen LogP contribution in [-0.4, -0.2) is 13.1 Å². The molecule has 0 aromatic heterocycles. The van der Waals surface area contributed by atoms with Gasteiger partial charge in [-0.3, -0.25) is 4.79 Å². The van der Waals surface area contributed by atoms with E-state index in [0.29, 0.717) is 6.42 Å². The SMILES string of the molecule is CC/C=C/CCCCCCC/C=C/C=C/C=C/C=C/CCC(=O)OC. The summed E-state index contributed by atoms with van der Waals surface area (Å²) in [5, 5.41) is 0. The lowest BCUT2D eigenvalue weighted by Crippen LogP contribution is -1.97. The maximum Gasteiger partial charge on any atom is 0.305 e. The van der Waals surface area contributed by atoms with E-state index < -0.39 is 0 Å². The summed E-state index contributed by atoms with van der Waals surface area (Å²) in [5.74, 6) is -0.164. The van der Waals surface area contributed by atoms with Gasteiger partial charge in [0.2, 0.25) is 0 Å². The van der Waals surface area contributed by atoms with Gasteiger partial charge in [0.1, 0.15) is 0 Å². The third-order valence-corrected chi connectivity index (χ3v) is 3.71. The Morgan fingerprint density at radius 1 is 0.680 bits per heavy atom. The van der Waals surface area contributed by atoms with E-state index >= 15 is 0 Å². The first kappa shape index (κ1) is 23.2. The third kappa shape index (κ3) is 20.1. The van der Waals surface area contributed by atoms with Crippen LogP contribution >= 0.6 is 0 Å². The summed E-state index contributed by atoms with van der Waals surface area (Å²) in [5.41, 5.74) is 0. The molecule has 0 saturated heterocycles. The van der Waals surface area contributed by atoms with Gasteiger partial charge in [0.15, 0.2) is 0 Å². The van der Waals surface area contributed by atoms with Crippen molar-refractivity contribution in [3.8, 4) is 0 Å². The number of hydrogen-bond acceptors (Lipinski definition) is 2. The van der Waals surface area contributed by atoms with Gasteiger partial charge >= 0.3 is 5.97 Å². The minimum absolute atomic E-state index is 0.164. The number of unbranched alkanes of at least 4 members (excludes halogenated alkanes) is 6. The average Bonchev–Trinajstić information content (AvgIpc) is 2.63. The first-order chi connectivity index (χ1) is 12.3. The second-order valence-electron chi connectivity index (χ2n) is 5.97. The van der Waals surface area contributed by atoms with Crippen LogP contribution in [0.25, 0.3) is 0 Å². The molecule has 0 amide bonds. The van der Waals surface area contributed by atoms with Crippen molar-refractivity contribution < 1.29 is 9.53 Å². The molecule has 0 aliphatic heterocycles. The highest BCUT2D eigenvalue weighted by molar-refractivity contribution is 5.69. The molecule has 2 nitrogen and oxygen atoms in total. The molecular weight excluding hydrogens is 308 g/mol. The van der Waals surface area contributed by atoms with Gasteiger partial charge in [0.05, 0.1) is 7.11 Å². The van der Waals surface area contributed by atoms with Gasteiger partial charge in [0, 0.05) is 6.42 Å². The van der Waals surface area contributed by atoms with Gasteiger partial charge in [0.25, 0.3) is 0 Å². The van der Waals surface area contributed by atoms with Crippen LogP contribution in [0, 0.1) is 0 Å². The summed E-state index contributed by atoms with van der Waals surface area (Å²) in [6.07, 6.45) is 32.3. The van der Waals surface area contributed by atoms with Crippen LogP contribution in [0.15, 0.2) is 60.8 Å². The number of carbonyl (C=O) groups is 1. The highest BCUT2D eigenvalue weighted by Gasteiger charge is 1.94. The molecule has 2 heteroatoms. The number of rotatable bonds is 15. The van der Waals surface area contributed by atoms with Crippen LogP contribution in [0.4, 0.5) is 0 Å². The quantitative estimate of drug-likeness (QED) is 0.140. The number of allylic oxidation sites excluding steroid dienone is 10. The lowest BCUT2D eigenvalue weighted by Gasteiger charge is -1.97. The van der Waals surface area contributed by atoms with Gasteiger partial charge in [-0.05, 0) is 38.5 Å². The maximum absolute atomic E-state index is 10.9. The Bertz CT molecular complexity index is 439. The summed E-state index contributed by atoms with van der Waals surface area (Å²) < 4.78 is 4.58. The van der Waals surface area contributed by atoms with Gasteiger partial charge in [-0.15, -0.1) is 0 Å². The lowest BCUT2D eigenvalue weighted by atomic mass is 10.1. The molecule has 0 aliphatic rings. The normalized spacial score (nSPS) is 12.6. The van der Waals surface area contributed by atoms with Crippen LogP contribution in [0.3, 0.4) is 0 Å². The minimum atomic E-state index is -0.164. The van der Waals surface area contributed by atoms with Crippen LogP contribution in [-0.2, 0) is 9.53 Å². The van der Waals surface area contributed by atoms with E-state index in [1.54, 1.807) is 0 Å². The largest absolute Gasteiger partial charge is 0.469 e. The van der Waals surface area contributed by atoms with Crippen molar-refractivity contribution in [2.75, 3.05) is 7.11 Å². The number of methoxy groups -OCH3 is 1. The van der Waals surface area contributed by atoms with Crippen molar-refractivity contribution in [1.82, 2.24) is 0 Å². The zero-order valence-corrected chi connectivity index (χ0v) is 16.2. The van der Waals surface area contributed by atoms with Crippen molar-refractivity contribution in [2.24, 2.45) is 0 Å². The van der Waals surface area contributed by atoms with Crippen molar-refractivity contribution in [3.05, 3.63) is 60.8 Å². The first-order valence-electron chi connectivity index (χ1n) is 9.68. The summed E-state index contributed by atoms with van der Waals surface area (Å²) in [6.45, 7) is 2.18. The van der Waals surface area contributed by atoms with E-state index in [1.165, 1.54) is 45.6 Å². The van der Waals surface area contributed by atoms with E-state index in [9.17, 15) is 4.79 Å². The lowest BCUT2D eigenvalue weighted by molar-refractivity contribution is -0.140. The molecular formula is C23H36O2. The fourth-order valence-electron chi connectivity index (χ4n) is 2.25. The fourth-order valence-corrected chi connectivity index (χ4v) is 2.25. The molecule has 0 heterocycles. The van der Waals surface area contributed by atoms with Crippen LogP contribution in [0.5, 0.6) is 0 Å². The number of carbonyl (C=O) groups excluding carboxylic acids is 1. The Morgan fingerprint density at radius 3 is 1.80 bits per heavy atom. The molecule has 0 radical (unpaired) electrons. The topological polar surface area (TPSA) is 26.3 Å². The standard InChI is InChI=1S/C23H36O2/c1-3-4-5-6-7-8-9-10-11-12-13-14-15-16-17-18-19-20-21-22-23(24)25-2/h4-5,13-20H,3,6-12,21-22H2,1-2H3/b5-4+,14-13+,16-15+,18-17+,20-19+. The zero-order chi connectivity index (χ0) is 18.4. The third-order valence-electron chi connectivity index (χ3n) is 3.71. The smallest absolute Gasteiger partial charge is 0.305 e. The Morgan fingerprint density at radius 2 is 1.20 bits per heavy atom. The van der Waals surface area contributed by atoms with Crippen molar-refractivity contribution >= 4 is 5.97 Å². The number of esters is 1. The van der Waals surface area contributed by atoms with Crippen molar-refractivity contribution in [1.29, 1.82) is 0 Å². The Labute approximate surface area is 155 Å². The van der Waals surface area contributed by atoms with Gasteiger partial charge in [-0.25, -0.2) is 0 Å². The van der Waals surface area contributed by atoms with E-state index in [2.05, 4.69) is 42.0 Å². The molecule has 25 heavy (non-hydrogen) atoms. The molecule has 0 spiro atoms. The Hall–Kier alpha value is -1.83. The molecule has 0 fully saturated rings. The van der Waals surface area contributed by atoms with Gasteiger partial charge < -0.3 is 4.74 Å². The maximum atomic E-state index is 10.9. The highest BCUT2D eigenvalue weighted by atomic mass is 16.5. The van der Waals surface area contributed by atoms with Crippen molar-refractivity contribution in [2.45, 2.75) is 71.1 Å². The monoisotopic (exact) mass is 344 g/mol. The molecule has 0 rings (SSSR count). The second kappa shape index (κ2) is 20.2. The summed E-state index contributed by atoms with van der Waals surface area (Å²) in [4.78, 5) is 10.9. The molecule has 0 saturated carbocycles. The molecule has 0 unspecified atom stereocenters. The molecule has 0 aromatic rings. The van der Waals surface area contributed by atoms with E-state index in [-0.39, 0.29) is 5.97 Å². The fraction of sp³-hybridized carbons (Fsp3) is 0.522. The van der Waals surface area contributed by atoms with Crippen LogP contribution < -0.4 is 0 Å². The number of hydrogen-bond donors (Lipinski definition) is 0. The molecule has 0 aromatic carbocycles. The molecule has 0 aliphatic carbocycles. The summed E-state index contributed by atoms with van der Waals surface area (Å²) >= 11 is 0. The Kier molecular flexibility index (Phi) is 18.7. The van der Waals surface area contributed by atoms with E-state index in [0.717, 1.165) is 19.3 Å². The average molecular weight is 345 g/mol. The van der Waals surface area contributed by atoms with Crippen LogP contribution in [0.1, 0.15) is 71.1 Å². The second-order valence-corrected chi connectivity index (χ2v) is 5.97. The van der Waals surface area contributed by atoms with E-state index in [4.69, 9.17) is 0 Å². The summed E-state index contributed by atoms with van der Waals surface area (Å²) in [6, 6.07) is 0. The van der Waals surface area contributed by atoms with Gasteiger partial charge in [-0.2, -0.15) is 0 Å². The van der Waals surface area contributed by atoms with Gasteiger partial charge in [-0.1, -0.05) is 86.9 Å². The van der Waals surface area contributed by atoms with E-state index in [1.807, 2.05) is 30.4 Å². The zero-order valence-electron chi connectivity index (χ0n) is 16.2. The predicted molar refractivity (Wildman–Crippen MR) is 110 cm³/mol. The molecule has 140 valence electrons. The minimum Gasteiger partial charge on any atom is -0.469 e. The van der Waals surface area contributed by atoms with Crippen LogP contribution in [0.2, 0.25) is 0 Å².